The molecule has 12 nitrogen and oxygen atoms in total. The predicted octanol–water partition coefficient (Wildman–Crippen LogP) is 5.94. The highest BCUT2D eigenvalue weighted by Crippen LogP contribution is 2.51. The van der Waals surface area contributed by atoms with Crippen LogP contribution in [0, 0.1) is 5.92 Å². The third-order valence-electron chi connectivity index (χ3n) is 14.5. The molecule has 60 heavy (non-hydrogen) atoms. The number of rotatable bonds is 9. The van der Waals surface area contributed by atoms with Crippen LogP contribution >= 0.6 is 0 Å². The van der Waals surface area contributed by atoms with Crippen LogP contribution in [0.1, 0.15) is 98.0 Å². The lowest BCUT2D eigenvalue weighted by Crippen LogP contribution is -2.53. The summed E-state index contributed by atoms with van der Waals surface area (Å²) in [5, 5.41) is 5.51. The van der Waals surface area contributed by atoms with Gasteiger partial charge in [-0.2, -0.15) is 0 Å². The zero-order valence-electron chi connectivity index (χ0n) is 35.1. The number of carbonyl (C=O) groups excluding carboxylic acids is 4. The summed E-state index contributed by atoms with van der Waals surface area (Å²) >= 11 is 0. The van der Waals surface area contributed by atoms with E-state index in [0.29, 0.717) is 12.3 Å². The number of imide groups is 1. The number of nitrogens with one attached hydrogen (secondary N) is 3. The first kappa shape index (κ1) is 38.7. The van der Waals surface area contributed by atoms with E-state index in [9.17, 15) is 19.2 Å². The van der Waals surface area contributed by atoms with Gasteiger partial charge in [-0.25, -0.2) is 0 Å². The van der Waals surface area contributed by atoms with E-state index in [1.165, 1.54) is 16.8 Å². The largest absolute Gasteiger partial charge is 0.372 e. The summed E-state index contributed by atoms with van der Waals surface area (Å²) in [5.41, 5.74) is 13.1. The van der Waals surface area contributed by atoms with Gasteiger partial charge in [0.25, 0.3) is 5.91 Å². The molecule has 0 radical (unpaired) electrons. The monoisotopic (exact) mass is 808 g/mol. The van der Waals surface area contributed by atoms with Crippen LogP contribution in [-0.4, -0.2) is 96.9 Å². The number of aryl methyl sites for hydroxylation is 2. The van der Waals surface area contributed by atoms with Gasteiger partial charge in [-0.05, 0) is 123 Å². The van der Waals surface area contributed by atoms with Crippen molar-refractivity contribution in [3.63, 3.8) is 0 Å². The molecule has 4 fully saturated rings. The maximum absolute atomic E-state index is 13.4. The second kappa shape index (κ2) is 15.2. The Balaban J connectivity index is 0.767. The predicted molar refractivity (Wildman–Crippen MR) is 234 cm³/mol. The van der Waals surface area contributed by atoms with E-state index in [1.807, 2.05) is 31.3 Å². The lowest BCUT2D eigenvalue weighted by molar-refractivity contribution is -0.135. The molecule has 2 atom stereocenters. The highest BCUT2D eigenvalue weighted by atomic mass is 16.2. The van der Waals surface area contributed by atoms with Gasteiger partial charge in [-0.1, -0.05) is 13.8 Å². The molecule has 2 aromatic heterocycles. The number of piperidine rings is 2. The van der Waals surface area contributed by atoms with Crippen molar-refractivity contribution >= 4 is 40.7 Å². The number of H-pyrrole nitrogens is 1. The molecule has 1 aliphatic carbocycles. The Morgan fingerprint density at radius 2 is 1.57 bits per heavy atom. The fourth-order valence-electron chi connectivity index (χ4n) is 10.7. The summed E-state index contributed by atoms with van der Waals surface area (Å²) in [6.45, 7) is 14.4. The quantitative estimate of drug-likeness (QED) is 0.177. The molecule has 12 heteroatoms. The number of aromatic amines is 1. The topological polar surface area (TPSA) is 134 Å². The SMILES string of the molecule is CCc1cc(-c2cc(-c3cc4c([nH]3)C3(CC3)CNC4=O)ccn2)cc(CC)c1N1CCN(CC2CCN(c3ccc4c(c3)C(C)C(=O)N4C3CCC(=O)NC3=O)CC2)CC1. The minimum atomic E-state index is -0.637. The van der Waals surface area contributed by atoms with Gasteiger partial charge in [0.05, 0.1) is 17.2 Å². The number of hydrogen-bond donors (Lipinski definition) is 3. The fraction of sp³-hybridized carbons (Fsp3) is 0.479. The maximum atomic E-state index is 13.4. The van der Waals surface area contributed by atoms with Crippen LogP contribution in [-0.2, 0) is 32.6 Å². The second-order valence-electron chi connectivity index (χ2n) is 18.1. The molecule has 6 aliphatic rings. The van der Waals surface area contributed by atoms with Gasteiger partial charge >= 0.3 is 0 Å². The Hall–Kier alpha value is -5.49. The van der Waals surface area contributed by atoms with Gasteiger partial charge in [0, 0.05) is 110 Å². The van der Waals surface area contributed by atoms with Crippen molar-refractivity contribution in [2.24, 2.45) is 5.92 Å². The summed E-state index contributed by atoms with van der Waals surface area (Å²) in [4.78, 5) is 68.4. The van der Waals surface area contributed by atoms with Crippen LogP contribution in [0.15, 0.2) is 54.7 Å². The summed E-state index contributed by atoms with van der Waals surface area (Å²) in [5.74, 6) is -0.385. The Bertz CT molecular complexity index is 2360. The van der Waals surface area contributed by atoms with Gasteiger partial charge in [-0.3, -0.25) is 39.3 Å². The second-order valence-corrected chi connectivity index (χ2v) is 18.1. The van der Waals surface area contributed by atoms with Crippen molar-refractivity contribution in [2.45, 2.75) is 89.5 Å². The number of carbonyl (C=O) groups is 4. The van der Waals surface area contributed by atoms with Crippen LogP contribution in [0.4, 0.5) is 17.1 Å². The van der Waals surface area contributed by atoms with E-state index in [0.717, 1.165) is 142 Å². The van der Waals surface area contributed by atoms with E-state index < -0.39 is 6.04 Å². The van der Waals surface area contributed by atoms with Crippen LogP contribution in [0.3, 0.4) is 0 Å². The molecule has 1 spiro atoms. The van der Waals surface area contributed by atoms with E-state index >= 15 is 0 Å². The number of pyridine rings is 1. The summed E-state index contributed by atoms with van der Waals surface area (Å²) < 4.78 is 0. The Morgan fingerprint density at radius 1 is 0.817 bits per heavy atom. The molecular weight excluding hydrogens is 753 g/mol. The van der Waals surface area contributed by atoms with Crippen LogP contribution in [0.25, 0.3) is 22.5 Å². The molecule has 7 heterocycles. The summed E-state index contributed by atoms with van der Waals surface area (Å²) in [6.07, 6.45) is 8.89. The molecular formula is C48H56N8O4. The normalized spacial score (nSPS) is 22.9. The number of amides is 4. The van der Waals surface area contributed by atoms with Crippen molar-refractivity contribution < 1.29 is 19.2 Å². The molecule has 3 saturated heterocycles. The zero-order chi connectivity index (χ0) is 41.3. The lowest BCUT2D eigenvalue weighted by atomic mass is 9.94. The van der Waals surface area contributed by atoms with Crippen molar-refractivity contribution in [3.8, 4) is 22.5 Å². The maximum Gasteiger partial charge on any atom is 0.253 e. The summed E-state index contributed by atoms with van der Waals surface area (Å²) in [6, 6.07) is 16.5. The first-order valence-electron chi connectivity index (χ1n) is 22.3. The van der Waals surface area contributed by atoms with Gasteiger partial charge in [0.15, 0.2) is 0 Å². The Kier molecular flexibility index (Phi) is 9.81. The van der Waals surface area contributed by atoms with Gasteiger partial charge in [0.1, 0.15) is 6.04 Å². The van der Waals surface area contributed by atoms with Gasteiger partial charge in [0.2, 0.25) is 17.7 Å². The average molecular weight is 809 g/mol. The lowest BCUT2D eigenvalue weighted by Gasteiger charge is -2.41. The van der Waals surface area contributed by atoms with Gasteiger partial charge < -0.3 is 20.1 Å². The molecule has 0 bridgehead atoms. The van der Waals surface area contributed by atoms with Crippen molar-refractivity contribution in [2.75, 3.05) is 67.1 Å². The molecule has 10 rings (SSSR count). The molecule has 4 amide bonds. The number of anilines is 3. The Morgan fingerprint density at radius 3 is 2.27 bits per heavy atom. The number of hydrogen-bond acceptors (Lipinski definition) is 8. The molecule has 2 unspecified atom stereocenters. The van der Waals surface area contributed by atoms with Crippen molar-refractivity contribution in [1.29, 1.82) is 0 Å². The minimum absolute atomic E-state index is 0.0171. The molecule has 3 N–H and O–H groups in total. The van der Waals surface area contributed by atoms with Crippen molar-refractivity contribution in [1.82, 2.24) is 25.5 Å². The minimum Gasteiger partial charge on any atom is -0.372 e. The van der Waals surface area contributed by atoms with E-state index in [2.05, 4.69) is 74.5 Å². The number of benzene rings is 2. The standard InChI is InChI=1S/C48H56N8O4/c1-4-31-22-34(38-24-33(10-15-49-38)39-26-37-44(51-39)48(13-14-48)28-50-45(37)58)23-32(5-2)43(31)55-20-18-53(19-21-55)27-30-11-16-54(17-12-30)35-6-7-40-36(25-35)29(3)47(60)56(40)41-8-9-42(57)52-46(41)59/h6-7,10,15,22-26,29-30,41,51H,4-5,8-9,11-14,16-21,27-28H2,1-3H3,(H,50,58)(H,52,57,59). The van der Waals surface area contributed by atoms with E-state index in [-0.39, 0.29) is 41.4 Å². The molecule has 1 saturated carbocycles. The van der Waals surface area contributed by atoms with Crippen LogP contribution in [0.5, 0.6) is 0 Å². The van der Waals surface area contributed by atoms with Crippen LogP contribution in [0.2, 0.25) is 0 Å². The van der Waals surface area contributed by atoms with E-state index in [4.69, 9.17) is 4.98 Å². The van der Waals surface area contributed by atoms with Gasteiger partial charge in [-0.15, -0.1) is 0 Å². The third kappa shape index (κ3) is 6.76. The number of aromatic nitrogens is 2. The smallest absolute Gasteiger partial charge is 0.253 e. The first-order chi connectivity index (χ1) is 29.1. The fourth-order valence-corrected chi connectivity index (χ4v) is 10.7. The van der Waals surface area contributed by atoms with Crippen LogP contribution < -0.4 is 25.3 Å². The first-order valence-corrected chi connectivity index (χ1v) is 22.3. The molecule has 5 aliphatic heterocycles. The average Bonchev–Trinajstić information content (AvgIpc) is 3.82. The summed E-state index contributed by atoms with van der Waals surface area (Å²) in [7, 11) is 0. The molecule has 4 aromatic rings. The van der Waals surface area contributed by atoms with E-state index in [1.54, 1.807) is 4.90 Å². The highest BCUT2D eigenvalue weighted by molar-refractivity contribution is 6.12. The number of nitrogens with zero attached hydrogens (tertiary/aromatic N) is 5. The number of piperazine rings is 1. The Labute approximate surface area is 352 Å². The molecule has 312 valence electrons. The zero-order valence-corrected chi connectivity index (χ0v) is 35.1. The number of fused-ring (bicyclic) bond motifs is 3. The highest BCUT2D eigenvalue weighted by Gasteiger charge is 2.50. The molecule has 2 aromatic carbocycles. The van der Waals surface area contributed by atoms with Crippen molar-refractivity contribution in [3.05, 3.63) is 82.7 Å². The third-order valence-corrected chi connectivity index (χ3v) is 14.5.